The number of thiophene rings is 1. The lowest BCUT2D eigenvalue weighted by atomic mass is 10.0. The van der Waals surface area contributed by atoms with Gasteiger partial charge in [0, 0.05) is 21.9 Å². The van der Waals surface area contributed by atoms with Crippen LogP contribution in [0.5, 0.6) is 5.75 Å². The number of methoxy groups -OCH3 is 1. The summed E-state index contributed by atoms with van der Waals surface area (Å²) in [5.74, 6) is 0.0821. The van der Waals surface area contributed by atoms with E-state index in [0.29, 0.717) is 28.6 Å². The Labute approximate surface area is 184 Å². The number of esters is 1. The number of halogens is 1. The smallest absolute Gasteiger partial charge is 0.341 e. The summed E-state index contributed by atoms with van der Waals surface area (Å²) >= 11 is 7.47. The van der Waals surface area contributed by atoms with E-state index in [1.54, 1.807) is 12.1 Å². The molecular weight excluding hydrogens is 422 g/mol. The van der Waals surface area contributed by atoms with Crippen LogP contribution in [0.15, 0.2) is 54.6 Å². The zero-order valence-electron chi connectivity index (χ0n) is 16.7. The van der Waals surface area contributed by atoms with Gasteiger partial charge in [-0.15, -0.1) is 11.3 Å². The molecule has 0 radical (unpaired) electrons. The van der Waals surface area contributed by atoms with E-state index < -0.39 is 5.97 Å². The minimum Gasteiger partial charge on any atom is -0.494 e. The molecule has 0 saturated heterocycles. The maximum Gasteiger partial charge on any atom is 0.341 e. The lowest BCUT2D eigenvalue weighted by Crippen LogP contribution is -2.14. The highest BCUT2D eigenvalue weighted by molar-refractivity contribution is 7.17. The van der Waals surface area contributed by atoms with Crippen LogP contribution in [0.1, 0.15) is 28.1 Å². The number of aryl methyl sites for hydroxylation is 1. The fourth-order valence-electron chi connectivity index (χ4n) is 3.05. The molecule has 1 amide bonds. The van der Waals surface area contributed by atoms with Gasteiger partial charge in [-0.05, 0) is 43.2 Å². The summed E-state index contributed by atoms with van der Waals surface area (Å²) in [5.41, 5.74) is 1.86. The molecule has 2 aromatic carbocycles. The van der Waals surface area contributed by atoms with Crippen LogP contribution in [0.4, 0.5) is 5.00 Å². The van der Waals surface area contributed by atoms with Gasteiger partial charge in [-0.2, -0.15) is 0 Å². The van der Waals surface area contributed by atoms with E-state index in [9.17, 15) is 9.59 Å². The third kappa shape index (κ3) is 5.40. The quantitative estimate of drug-likeness (QED) is 0.344. The fraction of sp³-hybridized carbons (Fsp3) is 0.217. The van der Waals surface area contributed by atoms with Crippen LogP contribution in [0.2, 0.25) is 5.02 Å². The van der Waals surface area contributed by atoms with Crippen molar-refractivity contribution in [3.05, 3.63) is 70.1 Å². The number of anilines is 1. The molecule has 156 valence electrons. The number of rotatable bonds is 8. The number of hydrogen-bond acceptors (Lipinski definition) is 5. The van der Waals surface area contributed by atoms with Gasteiger partial charge in [0.15, 0.2) is 0 Å². The predicted octanol–water partition coefficient (Wildman–Crippen LogP) is 5.96. The second-order valence-electron chi connectivity index (χ2n) is 6.55. The van der Waals surface area contributed by atoms with Gasteiger partial charge in [-0.1, -0.05) is 41.9 Å². The van der Waals surface area contributed by atoms with Crippen LogP contribution in [0.3, 0.4) is 0 Å². The molecular formula is C23H22ClNO4S. The average molecular weight is 444 g/mol. The zero-order chi connectivity index (χ0) is 21.5. The number of nitrogens with one attached hydrogen (secondary N) is 1. The van der Waals surface area contributed by atoms with Crippen molar-refractivity contribution in [2.45, 2.75) is 19.8 Å². The molecule has 5 nitrogen and oxygen atoms in total. The lowest BCUT2D eigenvalue weighted by molar-refractivity contribution is -0.116. The summed E-state index contributed by atoms with van der Waals surface area (Å²) in [6, 6.07) is 16.7. The van der Waals surface area contributed by atoms with Crippen molar-refractivity contribution in [1.29, 1.82) is 0 Å². The maximum atomic E-state index is 12.5. The van der Waals surface area contributed by atoms with Gasteiger partial charge in [0.1, 0.15) is 16.3 Å². The highest BCUT2D eigenvalue weighted by Gasteiger charge is 2.25. The second kappa shape index (κ2) is 10.3. The highest BCUT2D eigenvalue weighted by atomic mass is 35.5. The monoisotopic (exact) mass is 443 g/mol. The van der Waals surface area contributed by atoms with E-state index in [2.05, 4.69) is 5.32 Å². The predicted molar refractivity (Wildman–Crippen MR) is 121 cm³/mol. The molecule has 0 aliphatic carbocycles. The largest absolute Gasteiger partial charge is 0.494 e. The standard InChI is InChI=1S/C23H22ClNO4S/c1-15-20(16-8-6-9-17(24)14-16)21(23(27)28-2)22(30-15)25-19(26)12-7-13-29-18-10-4-3-5-11-18/h3-6,8-11,14H,7,12-13H2,1-2H3,(H,25,26). The summed E-state index contributed by atoms with van der Waals surface area (Å²) in [5, 5.41) is 3.90. The number of ether oxygens (including phenoxy) is 2. The average Bonchev–Trinajstić information content (AvgIpc) is 3.07. The number of amides is 1. The number of carbonyl (C=O) groups excluding carboxylic acids is 2. The first-order valence-electron chi connectivity index (χ1n) is 9.45. The molecule has 1 heterocycles. The van der Waals surface area contributed by atoms with E-state index in [1.165, 1.54) is 18.4 Å². The molecule has 0 unspecified atom stereocenters. The van der Waals surface area contributed by atoms with Crippen LogP contribution >= 0.6 is 22.9 Å². The van der Waals surface area contributed by atoms with E-state index in [0.717, 1.165) is 21.8 Å². The Bertz CT molecular complexity index is 1030. The number of carbonyl (C=O) groups is 2. The molecule has 0 bridgehead atoms. The molecule has 0 aliphatic heterocycles. The molecule has 0 fully saturated rings. The molecule has 0 aliphatic rings. The van der Waals surface area contributed by atoms with E-state index in [-0.39, 0.29) is 12.3 Å². The molecule has 0 atom stereocenters. The number of para-hydroxylation sites is 1. The van der Waals surface area contributed by atoms with Gasteiger partial charge in [-0.25, -0.2) is 4.79 Å². The Morgan fingerprint density at radius 1 is 1.10 bits per heavy atom. The van der Waals surface area contributed by atoms with Crippen LogP contribution < -0.4 is 10.1 Å². The van der Waals surface area contributed by atoms with Crippen molar-refractivity contribution in [2.75, 3.05) is 19.0 Å². The van der Waals surface area contributed by atoms with Crippen molar-refractivity contribution in [3.8, 4) is 16.9 Å². The topological polar surface area (TPSA) is 64.6 Å². The molecule has 0 spiro atoms. The number of hydrogen-bond donors (Lipinski definition) is 1. The van der Waals surface area contributed by atoms with Gasteiger partial charge < -0.3 is 14.8 Å². The first-order valence-corrected chi connectivity index (χ1v) is 10.6. The molecule has 1 N–H and O–H groups in total. The zero-order valence-corrected chi connectivity index (χ0v) is 18.3. The second-order valence-corrected chi connectivity index (χ2v) is 8.21. The molecule has 1 aromatic heterocycles. The van der Waals surface area contributed by atoms with Gasteiger partial charge in [0.25, 0.3) is 0 Å². The Hall–Kier alpha value is -2.83. The van der Waals surface area contributed by atoms with E-state index in [1.807, 2.05) is 49.4 Å². The highest BCUT2D eigenvalue weighted by Crippen LogP contribution is 2.41. The molecule has 3 aromatic rings. The van der Waals surface area contributed by atoms with Crippen molar-refractivity contribution in [3.63, 3.8) is 0 Å². The summed E-state index contributed by atoms with van der Waals surface area (Å²) in [6.45, 7) is 2.33. The van der Waals surface area contributed by atoms with Crippen LogP contribution in [0.25, 0.3) is 11.1 Å². The van der Waals surface area contributed by atoms with Crippen molar-refractivity contribution in [1.82, 2.24) is 0 Å². The van der Waals surface area contributed by atoms with Crippen molar-refractivity contribution < 1.29 is 19.1 Å². The summed E-state index contributed by atoms with van der Waals surface area (Å²) in [4.78, 5) is 25.9. The summed E-state index contributed by atoms with van der Waals surface area (Å²) in [6.07, 6.45) is 0.830. The van der Waals surface area contributed by atoms with Gasteiger partial charge in [0.05, 0.1) is 13.7 Å². The van der Waals surface area contributed by atoms with Crippen molar-refractivity contribution in [2.24, 2.45) is 0 Å². The molecule has 0 saturated carbocycles. The maximum absolute atomic E-state index is 12.5. The van der Waals surface area contributed by atoms with Crippen molar-refractivity contribution >= 4 is 39.8 Å². The van der Waals surface area contributed by atoms with Gasteiger partial charge in [-0.3, -0.25) is 4.79 Å². The van der Waals surface area contributed by atoms with Gasteiger partial charge >= 0.3 is 5.97 Å². The van der Waals surface area contributed by atoms with Crippen LogP contribution in [-0.2, 0) is 9.53 Å². The molecule has 30 heavy (non-hydrogen) atoms. The lowest BCUT2D eigenvalue weighted by Gasteiger charge is -2.09. The van der Waals surface area contributed by atoms with Crippen LogP contribution in [-0.4, -0.2) is 25.6 Å². The normalized spacial score (nSPS) is 10.5. The number of benzene rings is 2. The Balaban J connectivity index is 1.71. The van der Waals surface area contributed by atoms with Crippen LogP contribution in [0, 0.1) is 6.92 Å². The van der Waals surface area contributed by atoms with E-state index >= 15 is 0 Å². The summed E-state index contributed by atoms with van der Waals surface area (Å²) < 4.78 is 10.6. The Morgan fingerprint density at radius 2 is 1.87 bits per heavy atom. The third-order valence-electron chi connectivity index (χ3n) is 4.40. The Morgan fingerprint density at radius 3 is 2.57 bits per heavy atom. The third-order valence-corrected chi connectivity index (χ3v) is 5.66. The fourth-order valence-corrected chi connectivity index (χ4v) is 4.32. The first kappa shape index (κ1) is 21.9. The SMILES string of the molecule is COC(=O)c1c(NC(=O)CCCOc2ccccc2)sc(C)c1-c1cccc(Cl)c1. The minimum absolute atomic E-state index is 0.185. The molecule has 3 rings (SSSR count). The van der Waals surface area contributed by atoms with Gasteiger partial charge in [0.2, 0.25) is 5.91 Å². The first-order chi connectivity index (χ1) is 14.5. The summed E-state index contributed by atoms with van der Waals surface area (Å²) in [7, 11) is 1.32. The minimum atomic E-state index is -0.503. The Kier molecular flexibility index (Phi) is 7.49. The molecule has 7 heteroatoms. The van der Waals surface area contributed by atoms with E-state index in [4.69, 9.17) is 21.1 Å².